The van der Waals surface area contributed by atoms with Gasteiger partial charge in [0, 0.05) is 0 Å². The predicted molar refractivity (Wildman–Crippen MR) is 161 cm³/mol. The lowest BCUT2D eigenvalue weighted by molar-refractivity contribution is -0.267. The minimum Gasteiger partial charge on any atom is -0.452 e. The molecule has 0 saturated carbocycles. The first-order valence-electron chi connectivity index (χ1n) is 15.5. The van der Waals surface area contributed by atoms with Crippen molar-refractivity contribution >= 4 is 28.3 Å². The molecule has 13 heteroatoms. The molecular formula is C29H55O11PSi. The van der Waals surface area contributed by atoms with Crippen LogP contribution in [0.3, 0.4) is 0 Å². The lowest BCUT2D eigenvalue weighted by atomic mass is 9.96. The number of rotatable bonds is 17. The molecule has 0 bridgehead atoms. The summed E-state index contributed by atoms with van der Waals surface area (Å²) < 4.78 is 61.1. The van der Waals surface area contributed by atoms with Gasteiger partial charge in [0.2, 0.25) is 6.29 Å². The number of unbranched alkanes of at least 4 members (excludes halogenated alkanes) is 2. The fourth-order valence-corrected chi connectivity index (χ4v) is 12.4. The molecule has 2 aliphatic heterocycles. The van der Waals surface area contributed by atoms with Gasteiger partial charge in [-0.25, -0.2) is 9.36 Å². The van der Waals surface area contributed by atoms with Crippen molar-refractivity contribution in [3.63, 3.8) is 0 Å². The van der Waals surface area contributed by atoms with E-state index < -0.39 is 64.4 Å². The van der Waals surface area contributed by atoms with Crippen LogP contribution in [0.5, 0.6) is 0 Å². The van der Waals surface area contributed by atoms with Gasteiger partial charge in [-0.2, -0.15) is 0 Å². The van der Waals surface area contributed by atoms with Crippen LogP contribution in [0.4, 0.5) is 4.79 Å². The van der Waals surface area contributed by atoms with Crippen molar-refractivity contribution in [2.75, 3.05) is 19.8 Å². The molecule has 0 unspecified atom stereocenters. The van der Waals surface area contributed by atoms with Crippen molar-refractivity contribution in [3.05, 3.63) is 0 Å². The van der Waals surface area contributed by atoms with Crippen LogP contribution in [0.25, 0.3) is 0 Å². The molecule has 2 saturated heterocycles. The van der Waals surface area contributed by atoms with Crippen molar-refractivity contribution in [2.45, 2.75) is 149 Å². The third kappa shape index (κ3) is 9.25. The molecule has 2 heterocycles. The van der Waals surface area contributed by atoms with Gasteiger partial charge in [-0.3, -0.25) is 18.4 Å². The summed E-state index contributed by atoms with van der Waals surface area (Å²) >= 11 is 0. The van der Waals surface area contributed by atoms with E-state index in [1.807, 2.05) is 13.8 Å². The maximum atomic E-state index is 13.9. The van der Waals surface area contributed by atoms with Crippen LogP contribution < -0.4 is 0 Å². The van der Waals surface area contributed by atoms with E-state index in [1.165, 1.54) is 0 Å². The molecule has 2 fully saturated rings. The van der Waals surface area contributed by atoms with E-state index in [0.717, 1.165) is 12.8 Å². The van der Waals surface area contributed by atoms with Crippen LogP contribution in [0.2, 0.25) is 16.6 Å². The highest BCUT2D eigenvalue weighted by molar-refractivity contribution is 7.48. The van der Waals surface area contributed by atoms with E-state index in [0.29, 0.717) is 29.5 Å². The van der Waals surface area contributed by atoms with Crippen molar-refractivity contribution in [1.82, 2.24) is 0 Å². The predicted octanol–water partition coefficient (Wildman–Crippen LogP) is 7.52. The average molecular weight is 639 g/mol. The highest BCUT2D eigenvalue weighted by Crippen LogP contribution is 2.53. The second-order valence-electron chi connectivity index (χ2n) is 13.1. The van der Waals surface area contributed by atoms with Crippen LogP contribution in [0.1, 0.15) is 102 Å². The zero-order valence-electron chi connectivity index (χ0n) is 27.5. The van der Waals surface area contributed by atoms with Gasteiger partial charge in [-0.1, -0.05) is 68.2 Å². The Labute approximate surface area is 253 Å². The van der Waals surface area contributed by atoms with Gasteiger partial charge >= 0.3 is 19.9 Å². The topological polar surface area (TPSA) is 125 Å². The number of hydrogen-bond acceptors (Lipinski definition) is 11. The molecule has 5 atom stereocenters. The molecule has 42 heavy (non-hydrogen) atoms. The Bertz CT molecular complexity index is 884. The minimum absolute atomic E-state index is 0.0794. The van der Waals surface area contributed by atoms with E-state index >= 15 is 0 Å². The quantitative estimate of drug-likeness (QED) is 0.0679. The summed E-state index contributed by atoms with van der Waals surface area (Å²) in [4.78, 5) is 25.5. The molecule has 0 radical (unpaired) electrons. The molecule has 246 valence electrons. The molecule has 2 rings (SSSR count). The third-order valence-electron chi connectivity index (χ3n) is 7.84. The van der Waals surface area contributed by atoms with Crippen molar-refractivity contribution in [1.29, 1.82) is 0 Å². The highest BCUT2D eigenvalue weighted by atomic mass is 31.2. The maximum absolute atomic E-state index is 13.9. The number of phosphoric acid groups is 1. The van der Waals surface area contributed by atoms with Crippen molar-refractivity contribution in [3.8, 4) is 0 Å². The second-order valence-corrected chi connectivity index (χ2v) is 20.2. The second kappa shape index (κ2) is 15.8. The van der Waals surface area contributed by atoms with Crippen LogP contribution in [0.15, 0.2) is 0 Å². The van der Waals surface area contributed by atoms with Gasteiger partial charge in [0.05, 0.1) is 25.2 Å². The molecule has 0 aliphatic carbocycles. The van der Waals surface area contributed by atoms with Crippen LogP contribution in [-0.2, 0) is 46.3 Å². The molecule has 11 nitrogen and oxygen atoms in total. The minimum atomic E-state index is -4.17. The number of esters is 1. The summed E-state index contributed by atoms with van der Waals surface area (Å²) in [5.41, 5.74) is 0.00207. The number of phosphoric ester groups is 1. The van der Waals surface area contributed by atoms with Gasteiger partial charge in [0.25, 0.3) is 0 Å². The normalized spacial score (nSPS) is 25.1. The summed E-state index contributed by atoms with van der Waals surface area (Å²) in [5.74, 6) is -0.583. The smallest absolute Gasteiger partial charge is 0.452 e. The van der Waals surface area contributed by atoms with Crippen molar-refractivity contribution in [2.24, 2.45) is 5.41 Å². The molecule has 2 aliphatic rings. The first kappa shape index (κ1) is 37.2. The summed E-state index contributed by atoms with van der Waals surface area (Å²) in [6.07, 6.45) is -3.62. The number of carbonyl (C=O) groups excluding carboxylic acids is 2. The largest absolute Gasteiger partial charge is 0.509 e. The van der Waals surface area contributed by atoms with Gasteiger partial charge < -0.3 is 23.4 Å². The molecule has 0 aromatic rings. The lowest BCUT2D eigenvalue weighted by Crippen LogP contribution is -2.61. The molecular weight excluding hydrogens is 583 g/mol. The molecule has 0 amide bonds. The Morgan fingerprint density at radius 3 is 1.86 bits per heavy atom. The monoisotopic (exact) mass is 638 g/mol. The molecule has 0 aromatic heterocycles. The van der Waals surface area contributed by atoms with Gasteiger partial charge in [-0.05, 0) is 50.2 Å². The van der Waals surface area contributed by atoms with E-state index in [1.54, 1.807) is 20.8 Å². The highest BCUT2D eigenvalue weighted by Gasteiger charge is 2.59. The van der Waals surface area contributed by atoms with E-state index in [-0.39, 0.29) is 19.8 Å². The summed E-state index contributed by atoms with van der Waals surface area (Å²) in [6, 6.07) is 0. The van der Waals surface area contributed by atoms with Gasteiger partial charge in [-0.15, -0.1) is 0 Å². The van der Waals surface area contributed by atoms with Gasteiger partial charge in [0.15, 0.2) is 26.6 Å². The Kier molecular flexibility index (Phi) is 14.0. The molecule has 0 spiro atoms. The molecule has 0 N–H and O–H groups in total. The Morgan fingerprint density at radius 2 is 1.40 bits per heavy atom. The number of hydrogen-bond donors (Lipinski definition) is 0. The van der Waals surface area contributed by atoms with Crippen LogP contribution in [0, 0.1) is 5.41 Å². The fourth-order valence-electron chi connectivity index (χ4n) is 5.64. The van der Waals surface area contributed by atoms with E-state index in [4.69, 9.17) is 36.9 Å². The third-order valence-corrected chi connectivity index (χ3v) is 15.4. The van der Waals surface area contributed by atoms with E-state index in [2.05, 4.69) is 41.5 Å². The zero-order chi connectivity index (χ0) is 31.9. The van der Waals surface area contributed by atoms with Crippen LogP contribution >= 0.6 is 7.82 Å². The Morgan fingerprint density at radius 1 is 0.905 bits per heavy atom. The molecule has 0 aromatic carbocycles. The Balaban J connectivity index is 2.47. The standard InChI is InChI=1S/C29H55O11PSi/c1-12-14-16-33-41(32,34-17-15-13-2)40-26-25(37-27(30)29(9,10)11)24-23(38-28(31)39-24)22(36-26)18-35-42(19(3)4,20(5)6)21(7)8/h19-26H,12-18H2,1-11H3/t22-,23+,24+,25-,26-/m1/s1. The summed E-state index contributed by atoms with van der Waals surface area (Å²) in [6.45, 7) is 22.4. The average Bonchev–Trinajstić information content (AvgIpc) is 3.27. The zero-order valence-corrected chi connectivity index (χ0v) is 29.4. The number of fused-ring (bicyclic) bond motifs is 1. The SMILES string of the molecule is CCCCOP(=O)(OCCCC)O[C@H]1O[C@H](CO[Si](C(C)C)(C(C)C)C(C)C)[C@@H]2OC(=O)O[C@@H]2[C@H]1OC(=O)C(C)(C)C. The number of carbonyl (C=O) groups is 2. The lowest BCUT2D eigenvalue weighted by Gasteiger charge is -2.45. The first-order chi connectivity index (χ1) is 19.5. The Hall–Kier alpha value is -1.01. The number of ether oxygens (including phenoxy) is 4. The van der Waals surface area contributed by atoms with Gasteiger partial charge in [0.1, 0.15) is 6.10 Å². The summed E-state index contributed by atoms with van der Waals surface area (Å²) in [7, 11) is -6.52. The van der Waals surface area contributed by atoms with E-state index in [9.17, 15) is 14.2 Å². The van der Waals surface area contributed by atoms with Crippen LogP contribution in [-0.4, -0.2) is 71.0 Å². The summed E-state index contributed by atoms with van der Waals surface area (Å²) in [5, 5.41) is 0. The first-order valence-corrected chi connectivity index (χ1v) is 19.1. The van der Waals surface area contributed by atoms with Crippen molar-refractivity contribution < 1.29 is 51.1 Å². The maximum Gasteiger partial charge on any atom is 0.509 e. The fraction of sp³-hybridized carbons (Fsp3) is 0.931.